The number of piperidine rings is 1. The molecule has 2 heterocycles. The summed E-state index contributed by atoms with van der Waals surface area (Å²) in [6, 6.07) is 15.6. The van der Waals surface area contributed by atoms with Crippen LogP contribution in [-0.4, -0.2) is 24.1 Å². The van der Waals surface area contributed by atoms with Gasteiger partial charge in [-0.2, -0.15) is 0 Å². The fraction of sp³-hybridized carbons (Fsp3) is 0.389. The normalized spacial score (nSPS) is 16.1. The van der Waals surface area contributed by atoms with Gasteiger partial charge in [0.25, 0.3) is 0 Å². The van der Waals surface area contributed by atoms with Gasteiger partial charge in [0.1, 0.15) is 0 Å². The molecule has 21 heavy (non-hydrogen) atoms. The summed E-state index contributed by atoms with van der Waals surface area (Å²) < 4.78 is 0. The first-order valence-electron chi connectivity index (χ1n) is 7.76. The lowest BCUT2D eigenvalue weighted by molar-refractivity contribution is 0.414. The van der Waals surface area contributed by atoms with E-state index in [1.54, 1.807) is 0 Å². The monoisotopic (exact) mass is 281 g/mol. The van der Waals surface area contributed by atoms with E-state index in [0.29, 0.717) is 6.04 Å². The Morgan fingerprint density at radius 1 is 1.10 bits per heavy atom. The van der Waals surface area contributed by atoms with Crippen LogP contribution in [0.4, 0.5) is 5.69 Å². The number of nitrogens with one attached hydrogen (secondary N) is 1. The summed E-state index contributed by atoms with van der Waals surface area (Å²) >= 11 is 0. The molecule has 0 radical (unpaired) electrons. The van der Waals surface area contributed by atoms with Gasteiger partial charge in [-0.1, -0.05) is 24.3 Å². The maximum atomic E-state index is 4.35. The lowest BCUT2D eigenvalue weighted by Crippen LogP contribution is -2.42. The van der Waals surface area contributed by atoms with Crippen molar-refractivity contribution in [2.45, 2.75) is 32.4 Å². The molecular formula is C18H23N3. The van der Waals surface area contributed by atoms with Crippen LogP contribution in [-0.2, 0) is 6.54 Å². The van der Waals surface area contributed by atoms with E-state index in [1.165, 1.54) is 24.1 Å². The third kappa shape index (κ3) is 3.82. The van der Waals surface area contributed by atoms with Gasteiger partial charge in [-0.3, -0.25) is 4.98 Å². The van der Waals surface area contributed by atoms with E-state index in [9.17, 15) is 0 Å². The minimum Gasteiger partial charge on any atom is -0.371 e. The molecule has 110 valence electrons. The van der Waals surface area contributed by atoms with Gasteiger partial charge in [0.05, 0.1) is 0 Å². The number of anilines is 1. The molecule has 0 aliphatic carbocycles. The van der Waals surface area contributed by atoms with Gasteiger partial charge in [0.2, 0.25) is 0 Å². The lowest BCUT2D eigenvalue weighted by atomic mass is 10.0. The van der Waals surface area contributed by atoms with E-state index >= 15 is 0 Å². The third-order valence-corrected chi connectivity index (χ3v) is 4.18. The highest BCUT2D eigenvalue weighted by molar-refractivity contribution is 5.46. The van der Waals surface area contributed by atoms with Crippen molar-refractivity contribution in [2.24, 2.45) is 0 Å². The Balaban J connectivity index is 1.47. The molecule has 1 aliphatic rings. The van der Waals surface area contributed by atoms with Crippen LogP contribution < -0.4 is 10.2 Å². The van der Waals surface area contributed by atoms with E-state index in [4.69, 9.17) is 0 Å². The largest absolute Gasteiger partial charge is 0.371 e. The van der Waals surface area contributed by atoms with Crippen LogP contribution in [0.2, 0.25) is 0 Å². The van der Waals surface area contributed by atoms with Gasteiger partial charge in [-0.25, -0.2) is 0 Å². The molecule has 1 aromatic heterocycles. The van der Waals surface area contributed by atoms with Crippen LogP contribution in [0, 0.1) is 6.92 Å². The Bertz CT molecular complexity index is 542. The summed E-state index contributed by atoms with van der Waals surface area (Å²) in [6.07, 6.45) is 4.38. The Morgan fingerprint density at radius 3 is 2.52 bits per heavy atom. The molecule has 1 aliphatic heterocycles. The SMILES string of the molecule is Cc1ccc(CNC2CCN(c3ccccc3)CC2)cn1. The van der Waals surface area contributed by atoms with Crippen LogP contribution in [0.25, 0.3) is 0 Å². The van der Waals surface area contributed by atoms with Crippen molar-refractivity contribution < 1.29 is 0 Å². The van der Waals surface area contributed by atoms with Gasteiger partial charge < -0.3 is 10.2 Å². The first-order valence-corrected chi connectivity index (χ1v) is 7.76. The Labute approximate surface area is 127 Å². The van der Waals surface area contributed by atoms with Crippen LogP contribution in [0.15, 0.2) is 48.7 Å². The molecule has 0 spiro atoms. The number of aromatic nitrogens is 1. The average molecular weight is 281 g/mol. The topological polar surface area (TPSA) is 28.2 Å². The van der Waals surface area contributed by atoms with E-state index < -0.39 is 0 Å². The van der Waals surface area contributed by atoms with Gasteiger partial charge in [0.15, 0.2) is 0 Å². The minimum atomic E-state index is 0.617. The average Bonchev–Trinajstić information content (AvgIpc) is 2.56. The van der Waals surface area contributed by atoms with E-state index in [0.717, 1.165) is 25.3 Å². The maximum absolute atomic E-state index is 4.35. The Kier molecular flexibility index (Phi) is 4.51. The molecule has 2 aromatic rings. The Morgan fingerprint density at radius 2 is 1.86 bits per heavy atom. The van der Waals surface area contributed by atoms with Crippen molar-refractivity contribution in [3.05, 3.63) is 59.9 Å². The van der Waals surface area contributed by atoms with E-state index in [-0.39, 0.29) is 0 Å². The van der Waals surface area contributed by atoms with Crippen molar-refractivity contribution in [3.8, 4) is 0 Å². The molecule has 1 N–H and O–H groups in total. The number of nitrogens with zero attached hydrogens (tertiary/aromatic N) is 2. The van der Waals surface area contributed by atoms with E-state index in [2.05, 4.69) is 57.7 Å². The fourth-order valence-electron chi connectivity index (χ4n) is 2.85. The summed E-state index contributed by atoms with van der Waals surface area (Å²) in [5.41, 5.74) is 3.69. The summed E-state index contributed by atoms with van der Waals surface area (Å²) in [7, 11) is 0. The van der Waals surface area contributed by atoms with E-state index in [1.807, 2.05) is 13.1 Å². The predicted molar refractivity (Wildman–Crippen MR) is 87.5 cm³/mol. The molecule has 0 bridgehead atoms. The van der Waals surface area contributed by atoms with Crippen LogP contribution in [0.3, 0.4) is 0 Å². The summed E-state index contributed by atoms with van der Waals surface area (Å²) in [5, 5.41) is 3.66. The quantitative estimate of drug-likeness (QED) is 0.933. The smallest absolute Gasteiger partial charge is 0.0372 e. The second-order valence-electron chi connectivity index (χ2n) is 5.79. The highest BCUT2D eigenvalue weighted by Gasteiger charge is 2.18. The van der Waals surface area contributed by atoms with Crippen LogP contribution in [0.1, 0.15) is 24.1 Å². The first-order chi connectivity index (χ1) is 10.3. The predicted octanol–water partition coefficient (Wildman–Crippen LogP) is 3.15. The molecule has 1 fully saturated rings. The first kappa shape index (κ1) is 14.1. The summed E-state index contributed by atoms with van der Waals surface area (Å²) in [6.45, 7) is 5.21. The number of benzene rings is 1. The fourth-order valence-corrected chi connectivity index (χ4v) is 2.85. The number of hydrogen-bond acceptors (Lipinski definition) is 3. The molecule has 3 nitrogen and oxygen atoms in total. The van der Waals surface area contributed by atoms with Gasteiger partial charge in [-0.15, -0.1) is 0 Å². The standard InChI is InChI=1S/C18H23N3/c1-15-7-8-16(13-19-15)14-20-17-9-11-21(12-10-17)18-5-3-2-4-6-18/h2-8,13,17,20H,9-12,14H2,1H3. The third-order valence-electron chi connectivity index (χ3n) is 4.18. The minimum absolute atomic E-state index is 0.617. The number of aryl methyl sites for hydroxylation is 1. The highest BCUT2D eigenvalue weighted by Crippen LogP contribution is 2.19. The summed E-state index contributed by atoms with van der Waals surface area (Å²) in [4.78, 5) is 6.82. The number of rotatable bonds is 4. The zero-order valence-corrected chi connectivity index (χ0v) is 12.6. The molecule has 0 amide bonds. The second kappa shape index (κ2) is 6.72. The van der Waals surface area contributed by atoms with Crippen molar-refractivity contribution in [1.29, 1.82) is 0 Å². The number of para-hydroxylation sites is 1. The van der Waals surface area contributed by atoms with Gasteiger partial charge in [0, 0.05) is 43.3 Å². The van der Waals surface area contributed by atoms with Crippen LogP contribution in [0.5, 0.6) is 0 Å². The molecule has 3 heteroatoms. The lowest BCUT2D eigenvalue weighted by Gasteiger charge is -2.34. The zero-order chi connectivity index (χ0) is 14.5. The van der Waals surface area contributed by atoms with Crippen LogP contribution >= 0.6 is 0 Å². The molecular weight excluding hydrogens is 258 g/mol. The molecule has 0 saturated carbocycles. The summed E-state index contributed by atoms with van der Waals surface area (Å²) in [5.74, 6) is 0. The van der Waals surface area contributed by atoms with Crippen molar-refractivity contribution in [1.82, 2.24) is 10.3 Å². The molecule has 0 atom stereocenters. The molecule has 3 rings (SSSR count). The molecule has 1 aromatic carbocycles. The molecule has 0 unspecified atom stereocenters. The van der Waals surface area contributed by atoms with Crippen molar-refractivity contribution >= 4 is 5.69 Å². The van der Waals surface area contributed by atoms with Gasteiger partial charge >= 0.3 is 0 Å². The zero-order valence-electron chi connectivity index (χ0n) is 12.6. The van der Waals surface area contributed by atoms with Crippen molar-refractivity contribution in [3.63, 3.8) is 0 Å². The second-order valence-corrected chi connectivity index (χ2v) is 5.79. The van der Waals surface area contributed by atoms with Gasteiger partial charge in [-0.05, 0) is 43.5 Å². The highest BCUT2D eigenvalue weighted by atomic mass is 15.1. The molecule has 1 saturated heterocycles. The number of hydrogen-bond donors (Lipinski definition) is 1. The number of pyridine rings is 1. The maximum Gasteiger partial charge on any atom is 0.0372 e. The van der Waals surface area contributed by atoms with Crippen molar-refractivity contribution in [2.75, 3.05) is 18.0 Å². The Hall–Kier alpha value is -1.87.